The van der Waals surface area contributed by atoms with E-state index in [1.54, 1.807) is 6.08 Å². The third-order valence-electron chi connectivity index (χ3n) is 2.00. The SMILES string of the molecule is O=C1NC=N[C@@H]2C=C(Br)C(Cl)=C[C@@H]12. The molecule has 0 aromatic heterocycles. The molecule has 1 amide bonds. The summed E-state index contributed by atoms with van der Waals surface area (Å²) in [5.74, 6) is -0.326. The normalized spacial score (nSPS) is 31.7. The fourth-order valence-electron chi connectivity index (χ4n) is 1.32. The Bertz CT molecular complexity index is 348. The van der Waals surface area contributed by atoms with E-state index in [1.165, 1.54) is 6.34 Å². The van der Waals surface area contributed by atoms with E-state index in [2.05, 4.69) is 26.2 Å². The molecule has 0 saturated carbocycles. The van der Waals surface area contributed by atoms with Gasteiger partial charge >= 0.3 is 0 Å². The van der Waals surface area contributed by atoms with Gasteiger partial charge in [-0.25, -0.2) is 0 Å². The second kappa shape index (κ2) is 3.27. The standard InChI is InChI=1S/C8H6BrClN2O/c9-5-2-7-4(1-6(5)10)8(13)12-3-11-7/h1-4,7H,(H,11,12,13)/t4-,7-/m1/s1. The average molecular weight is 262 g/mol. The lowest BCUT2D eigenvalue weighted by Crippen LogP contribution is -2.40. The zero-order valence-corrected chi connectivity index (χ0v) is 8.84. The van der Waals surface area contributed by atoms with Crippen molar-refractivity contribution in [2.75, 3.05) is 0 Å². The molecule has 13 heavy (non-hydrogen) atoms. The number of amides is 1. The van der Waals surface area contributed by atoms with Crippen LogP contribution < -0.4 is 5.32 Å². The van der Waals surface area contributed by atoms with E-state index < -0.39 is 0 Å². The van der Waals surface area contributed by atoms with Crippen molar-refractivity contribution in [1.82, 2.24) is 5.32 Å². The summed E-state index contributed by atoms with van der Waals surface area (Å²) in [5.41, 5.74) is 0. The van der Waals surface area contributed by atoms with Crippen molar-refractivity contribution in [3.05, 3.63) is 21.7 Å². The number of allylic oxidation sites excluding steroid dienone is 2. The number of hydrogen-bond acceptors (Lipinski definition) is 2. The number of nitrogens with zero attached hydrogens (tertiary/aromatic N) is 1. The minimum absolute atomic E-state index is 0.0607. The number of fused-ring (bicyclic) bond motifs is 1. The van der Waals surface area contributed by atoms with Crippen molar-refractivity contribution in [3.8, 4) is 0 Å². The summed E-state index contributed by atoms with van der Waals surface area (Å²) >= 11 is 9.16. The van der Waals surface area contributed by atoms with Crippen LogP contribution in [0.1, 0.15) is 0 Å². The van der Waals surface area contributed by atoms with Gasteiger partial charge in [-0.1, -0.05) is 11.6 Å². The molecule has 5 heteroatoms. The molecule has 0 saturated heterocycles. The lowest BCUT2D eigenvalue weighted by atomic mass is 9.94. The van der Waals surface area contributed by atoms with E-state index in [0.29, 0.717) is 5.03 Å². The van der Waals surface area contributed by atoms with Gasteiger partial charge in [0.25, 0.3) is 0 Å². The van der Waals surface area contributed by atoms with Gasteiger partial charge in [-0.3, -0.25) is 9.79 Å². The van der Waals surface area contributed by atoms with Crippen LogP contribution in [-0.2, 0) is 4.79 Å². The van der Waals surface area contributed by atoms with Crippen molar-refractivity contribution in [2.45, 2.75) is 6.04 Å². The summed E-state index contributed by atoms with van der Waals surface area (Å²) in [6.45, 7) is 0. The van der Waals surface area contributed by atoms with Crippen LogP contribution in [0.4, 0.5) is 0 Å². The Kier molecular flexibility index (Phi) is 2.26. The van der Waals surface area contributed by atoms with Crippen LogP contribution in [0.25, 0.3) is 0 Å². The molecule has 3 nitrogen and oxygen atoms in total. The van der Waals surface area contributed by atoms with Crippen molar-refractivity contribution in [1.29, 1.82) is 0 Å². The van der Waals surface area contributed by atoms with Gasteiger partial charge in [0.15, 0.2) is 0 Å². The fraction of sp³-hybridized carbons (Fsp3) is 0.250. The Morgan fingerprint density at radius 1 is 1.54 bits per heavy atom. The van der Waals surface area contributed by atoms with Gasteiger partial charge < -0.3 is 5.32 Å². The smallest absolute Gasteiger partial charge is 0.234 e. The first-order valence-electron chi connectivity index (χ1n) is 3.75. The monoisotopic (exact) mass is 260 g/mol. The average Bonchev–Trinajstić information content (AvgIpc) is 2.09. The quantitative estimate of drug-likeness (QED) is 0.706. The number of carbonyl (C=O) groups is 1. The highest BCUT2D eigenvalue weighted by Gasteiger charge is 2.30. The Hall–Kier alpha value is -0.610. The first-order chi connectivity index (χ1) is 6.18. The lowest BCUT2D eigenvalue weighted by molar-refractivity contribution is -0.122. The topological polar surface area (TPSA) is 41.5 Å². The van der Waals surface area contributed by atoms with Gasteiger partial charge in [0, 0.05) is 4.48 Å². The maximum absolute atomic E-state index is 11.3. The van der Waals surface area contributed by atoms with E-state index in [-0.39, 0.29) is 17.9 Å². The van der Waals surface area contributed by atoms with E-state index >= 15 is 0 Å². The predicted molar refractivity (Wildman–Crippen MR) is 54.9 cm³/mol. The molecule has 0 unspecified atom stereocenters. The molecule has 0 bridgehead atoms. The third-order valence-corrected chi connectivity index (χ3v) is 3.24. The maximum Gasteiger partial charge on any atom is 0.234 e. The number of aliphatic imine (C=N–C) groups is 1. The highest BCUT2D eigenvalue weighted by molar-refractivity contribution is 9.12. The lowest BCUT2D eigenvalue weighted by Gasteiger charge is -2.24. The second-order valence-electron chi connectivity index (χ2n) is 2.83. The van der Waals surface area contributed by atoms with Crippen molar-refractivity contribution in [3.63, 3.8) is 0 Å². The van der Waals surface area contributed by atoms with Crippen LogP contribution in [0.15, 0.2) is 26.7 Å². The van der Waals surface area contributed by atoms with Gasteiger partial charge in [-0.05, 0) is 28.1 Å². The zero-order chi connectivity index (χ0) is 9.42. The van der Waals surface area contributed by atoms with E-state index in [0.717, 1.165) is 4.48 Å². The Balaban J connectivity index is 2.38. The van der Waals surface area contributed by atoms with E-state index in [4.69, 9.17) is 11.6 Å². The number of halogens is 2. The molecular weight excluding hydrogens is 255 g/mol. The Labute approximate surface area is 88.7 Å². The predicted octanol–water partition coefficient (Wildman–Crippen LogP) is 1.54. The Morgan fingerprint density at radius 2 is 2.31 bits per heavy atom. The van der Waals surface area contributed by atoms with Crippen LogP contribution >= 0.6 is 27.5 Å². The minimum atomic E-state index is -0.265. The van der Waals surface area contributed by atoms with Crippen LogP contribution in [0.3, 0.4) is 0 Å². The van der Waals surface area contributed by atoms with Gasteiger partial charge in [-0.15, -0.1) is 0 Å². The Morgan fingerprint density at radius 3 is 3.08 bits per heavy atom. The molecule has 1 heterocycles. The summed E-state index contributed by atoms with van der Waals surface area (Å²) < 4.78 is 0.794. The van der Waals surface area contributed by atoms with Gasteiger partial charge in [0.1, 0.15) is 0 Å². The first kappa shape index (κ1) is 8.97. The summed E-state index contributed by atoms with van der Waals surface area (Å²) in [5, 5.41) is 3.10. The minimum Gasteiger partial charge on any atom is -0.317 e. The largest absolute Gasteiger partial charge is 0.317 e. The molecular formula is C8H6BrClN2O. The third kappa shape index (κ3) is 1.56. The molecule has 0 aromatic carbocycles. The molecule has 2 aliphatic rings. The second-order valence-corrected chi connectivity index (χ2v) is 4.09. The molecule has 0 spiro atoms. The highest BCUT2D eigenvalue weighted by atomic mass is 79.9. The summed E-state index contributed by atoms with van der Waals surface area (Å²) in [7, 11) is 0. The van der Waals surface area contributed by atoms with Crippen molar-refractivity contribution < 1.29 is 4.79 Å². The zero-order valence-electron chi connectivity index (χ0n) is 6.50. The number of rotatable bonds is 0. The molecule has 0 fully saturated rings. The fourth-order valence-corrected chi connectivity index (χ4v) is 1.92. The number of hydrogen-bond donors (Lipinski definition) is 1. The number of carbonyl (C=O) groups excluding carboxylic acids is 1. The summed E-state index contributed by atoms with van der Waals surface area (Å²) in [6, 6.07) is -0.120. The molecule has 0 radical (unpaired) electrons. The maximum atomic E-state index is 11.3. The molecule has 0 aromatic rings. The molecule has 1 aliphatic carbocycles. The van der Waals surface area contributed by atoms with Crippen LogP contribution in [0.5, 0.6) is 0 Å². The van der Waals surface area contributed by atoms with Crippen molar-refractivity contribution >= 4 is 39.8 Å². The molecule has 2 atom stereocenters. The van der Waals surface area contributed by atoms with Crippen LogP contribution in [0, 0.1) is 5.92 Å². The molecule has 68 valence electrons. The first-order valence-corrected chi connectivity index (χ1v) is 4.92. The molecule has 1 aliphatic heterocycles. The highest BCUT2D eigenvalue weighted by Crippen LogP contribution is 2.32. The van der Waals surface area contributed by atoms with E-state index in [9.17, 15) is 4.79 Å². The number of nitrogens with one attached hydrogen (secondary N) is 1. The summed E-state index contributed by atoms with van der Waals surface area (Å²) in [4.78, 5) is 15.5. The molecule has 1 N–H and O–H groups in total. The summed E-state index contributed by atoms with van der Waals surface area (Å²) in [6.07, 6.45) is 4.97. The molecule has 2 rings (SSSR count). The van der Waals surface area contributed by atoms with Crippen LogP contribution in [0.2, 0.25) is 0 Å². The van der Waals surface area contributed by atoms with Crippen molar-refractivity contribution in [2.24, 2.45) is 10.9 Å². The van der Waals surface area contributed by atoms with Gasteiger partial charge in [0.05, 0.1) is 23.3 Å². The van der Waals surface area contributed by atoms with Crippen LogP contribution in [-0.4, -0.2) is 18.3 Å². The van der Waals surface area contributed by atoms with E-state index in [1.807, 2.05) is 6.08 Å². The van der Waals surface area contributed by atoms with Gasteiger partial charge in [-0.2, -0.15) is 0 Å². The van der Waals surface area contributed by atoms with Gasteiger partial charge in [0.2, 0.25) is 5.91 Å².